The minimum Gasteiger partial charge on any atom is -0.444 e. The second-order valence-electron chi connectivity index (χ2n) is 5.95. The topological polar surface area (TPSA) is 64.3 Å². The zero-order chi connectivity index (χ0) is 13.6. The highest BCUT2D eigenvalue weighted by molar-refractivity contribution is 5.68. The number of nitrogens with one attached hydrogen (secondary N) is 1. The number of hydrogen-bond donors (Lipinski definition) is 2. The molecule has 0 aliphatic rings. The van der Waals surface area contributed by atoms with Crippen molar-refractivity contribution in [3.8, 4) is 0 Å². The van der Waals surface area contributed by atoms with Crippen molar-refractivity contribution in [1.29, 1.82) is 0 Å². The van der Waals surface area contributed by atoms with Crippen molar-refractivity contribution in [2.45, 2.75) is 72.1 Å². The Hall–Kier alpha value is -0.770. The third-order valence-corrected chi connectivity index (χ3v) is 2.40. The van der Waals surface area contributed by atoms with Crippen LogP contribution in [0, 0.1) is 5.92 Å². The average molecular weight is 244 g/mol. The Kier molecular flexibility index (Phi) is 6.53. The van der Waals surface area contributed by atoms with Crippen LogP contribution in [0.3, 0.4) is 0 Å². The summed E-state index contributed by atoms with van der Waals surface area (Å²) in [6, 6.07) is -0.0419. The molecular weight excluding hydrogens is 216 g/mol. The van der Waals surface area contributed by atoms with E-state index in [-0.39, 0.29) is 18.2 Å². The van der Waals surface area contributed by atoms with Gasteiger partial charge < -0.3 is 15.8 Å². The Morgan fingerprint density at radius 2 is 1.88 bits per heavy atom. The summed E-state index contributed by atoms with van der Waals surface area (Å²) in [6.45, 7) is 11.8. The van der Waals surface area contributed by atoms with Crippen LogP contribution in [0.15, 0.2) is 0 Å². The first-order valence-electron chi connectivity index (χ1n) is 6.40. The maximum absolute atomic E-state index is 11.6. The van der Waals surface area contributed by atoms with Gasteiger partial charge in [-0.15, -0.1) is 0 Å². The van der Waals surface area contributed by atoms with Crippen LogP contribution in [0.1, 0.15) is 54.4 Å². The maximum Gasteiger partial charge on any atom is 0.407 e. The molecule has 0 aliphatic heterocycles. The molecule has 0 fully saturated rings. The molecule has 2 atom stereocenters. The largest absolute Gasteiger partial charge is 0.444 e. The fourth-order valence-corrected chi connectivity index (χ4v) is 1.68. The molecule has 3 N–H and O–H groups in total. The molecule has 0 aromatic rings. The first-order valence-corrected chi connectivity index (χ1v) is 6.40. The van der Waals surface area contributed by atoms with Gasteiger partial charge in [0, 0.05) is 12.1 Å². The Morgan fingerprint density at radius 1 is 1.35 bits per heavy atom. The smallest absolute Gasteiger partial charge is 0.407 e. The molecular formula is C13H28N2O2. The van der Waals surface area contributed by atoms with Crippen molar-refractivity contribution in [3.63, 3.8) is 0 Å². The van der Waals surface area contributed by atoms with Crippen LogP contribution in [0.25, 0.3) is 0 Å². The molecule has 0 bridgehead atoms. The Bertz CT molecular complexity index is 234. The zero-order valence-electron chi connectivity index (χ0n) is 12.0. The molecule has 4 nitrogen and oxygen atoms in total. The zero-order valence-corrected chi connectivity index (χ0v) is 12.0. The summed E-state index contributed by atoms with van der Waals surface area (Å²) in [5.74, 6) is 0.527. The quantitative estimate of drug-likeness (QED) is 0.781. The summed E-state index contributed by atoms with van der Waals surface area (Å²) in [7, 11) is 0. The van der Waals surface area contributed by atoms with Crippen LogP contribution in [0.2, 0.25) is 0 Å². The molecule has 0 heterocycles. The fraction of sp³-hybridized carbons (Fsp3) is 0.923. The predicted molar refractivity (Wildman–Crippen MR) is 70.9 cm³/mol. The van der Waals surface area contributed by atoms with Crippen molar-refractivity contribution < 1.29 is 9.53 Å². The van der Waals surface area contributed by atoms with Crippen molar-refractivity contribution in [1.82, 2.24) is 5.32 Å². The van der Waals surface area contributed by atoms with E-state index in [0.29, 0.717) is 5.92 Å². The van der Waals surface area contributed by atoms with E-state index in [1.807, 2.05) is 27.7 Å². The number of rotatable bonds is 5. The minimum absolute atomic E-state index is 0.0208. The highest BCUT2D eigenvalue weighted by Gasteiger charge is 2.22. The van der Waals surface area contributed by atoms with E-state index in [9.17, 15) is 4.79 Å². The molecule has 0 aliphatic carbocycles. The standard InChI is InChI=1S/C13H28N2O2/c1-7-11(10(14)8-9(2)3)15-12(16)17-13(4,5)6/h9-11H,7-8,14H2,1-6H3,(H,15,16)/t10-,11+/m1/s1. The molecule has 4 heteroatoms. The molecule has 0 aromatic heterocycles. The molecule has 0 spiro atoms. The predicted octanol–water partition coefficient (Wildman–Crippen LogP) is 2.66. The van der Waals surface area contributed by atoms with Gasteiger partial charge in [-0.05, 0) is 39.5 Å². The van der Waals surface area contributed by atoms with Crippen molar-refractivity contribution in [2.75, 3.05) is 0 Å². The maximum atomic E-state index is 11.6. The molecule has 0 rings (SSSR count). The van der Waals surface area contributed by atoms with Crippen LogP contribution in [-0.2, 0) is 4.74 Å². The summed E-state index contributed by atoms with van der Waals surface area (Å²) in [6.07, 6.45) is 1.32. The first-order chi connectivity index (χ1) is 7.65. The number of alkyl carbamates (subject to hydrolysis) is 1. The van der Waals surface area contributed by atoms with Gasteiger partial charge >= 0.3 is 6.09 Å². The van der Waals surface area contributed by atoms with Gasteiger partial charge in [0.25, 0.3) is 0 Å². The van der Waals surface area contributed by atoms with Gasteiger partial charge in [0.05, 0.1) is 0 Å². The molecule has 0 unspecified atom stereocenters. The second kappa shape index (κ2) is 6.84. The van der Waals surface area contributed by atoms with E-state index < -0.39 is 5.60 Å². The van der Waals surface area contributed by atoms with Gasteiger partial charge in [-0.3, -0.25) is 0 Å². The van der Waals surface area contributed by atoms with Crippen molar-refractivity contribution in [2.24, 2.45) is 11.7 Å². The normalized spacial score (nSPS) is 15.5. The third-order valence-electron chi connectivity index (χ3n) is 2.40. The lowest BCUT2D eigenvalue weighted by molar-refractivity contribution is 0.0492. The molecule has 0 saturated heterocycles. The first kappa shape index (κ1) is 16.2. The Morgan fingerprint density at radius 3 is 2.24 bits per heavy atom. The lowest BCUT2D eigenvalue weighted by atomic mass is 9.97. The number of carbonyl (C=O) groups is 1. The number of carbonyl (C=O) groups excluding carboxylic acids is 1. The summed E-state index contributed by atoms with van der Waals surface area (Å²) in [4.78, 5) is 11.6. The molecule has 0 aromatic carbocycles. The van der Waals surface area contributed by atoms with Gasteiger partial charge in [-0.25, -0.2) is 4.79 Å². The van der Waals surface area contributed by atoms with E-state index in [2.05, 4.69) is 19.2 Å². The highest BCUT2D eigenvalue weighted by Crippen LogP contribution is 2.11. The summed E-state index contributed by atoms with van der Waals surface area (Å²) in [5, 5.41) is 2.84. The highest BCUT2D eigenvalue weighted by atomic mass is 16.6. The molecule has 0 radical (unpaired) electrons. The Labute approximate surface area is 105 Å². The van der Waals surface area contributed by atoms with E-state index in [4.69, 9.17) is 10.5 Å². The molecule has 17 heavy (non-hydrogen) atoms. The Balaban J connectivity index is 4.25. The summed E-state index contributed by atoms with van der Waals surface area (Å²) in [5.41, 5.74) is 5.60. The fourth-order valence-electron chi connectivity index (χ4n) is 1.68. The second-order valence-corrected chi connectivity index (χ2v) is 5.95. The van der Waals surface area contributed by atoms with Gasteiger partial charge in [0.1, 0.15) is 5.60 Å². The van der Waals surface area contributed by atoms with E-state index in [1.165, 1.54) is 0 Å². The molecule has 1 amide bonds. The van der Waals surface area contributed by atoms with Crippen LogP contribution >= 0.6 is 0 Å². The van der Waals surface area contributed by atoms with Crippen molar-refractivity contribution in [3.05, 3.63) is 0 Å². The lowest BCUT2D eigenvalue weighted by Gasteiger charge is -2.27. The monoisotopic (exact) mass is 244 g/mol. The molecule has 102 valence electrons. The average Bonchev–Trinajstić information content (AvgIpc) is 2.09. The third kappa shape index (κ3) is 8.02. The summed E-state index contributed by atoms with van der Waals surface area (Å²) >= 11 is 0. The van der Waals surface area contributed by atoms with Gasteiger partial charge in [0.2, 0.25) is 0 Å². The number of hydrogen-bond acceptors (Lipinski definition) is 3. The van der Waals surface area contributed by atoms with Crippen LogP contribution < -0.4 is 11.1 Å². The van der Waals surface area contributed by atoms with E-state index in [1.54, 1.807) is 0 Å². The lowest BCUT2D eigenvalue weighted by Crippen LogP contribution is -2.49. The minimum atomic E-state index is -0.468. The van der Waals surface area contributed by atoms with Gasteiger partial charge in [-0.1, -0.05) is 20.8 Å². The van der Waals surface area contributed by atoms with Crippen molar-refractivity contribution >= 4 is 6.09 Å². The van der Waals surface area contributed by atoms with Crippen LogP contribution in [0.5, 0.6) is 0 Å². The van der Waals surface area contributed by atoms with Gasteiger partial charge in [0.15, 0.2) is 0 Å². The van der Waals surface area contributed by atoms with Crippen LogP contribution in [-0.4, -0.2) is 23.8 Å². The van der Waals surface area contributed by atoms with Crippen LogP contribution in [0.4, 0.5) is 4.79 Å². The van der Waals surface area contributed by atoms with E-state index >= 15 is 0 Å². The number of amides is 1. The number of nitrogens with two attached hydrogens (primary N) is 1. The molecule has 0 saturated carbocycles. The summed E-state index contributed by atoms with van der Waals surface area (Å²) < 4.78 is 5.22. The number of ether oxygens (including phenoxy) is 1. The SMILES string of the molecule is CC[C@H](NC(=O)OC(C)(C)C)[C@H](N)CC(C)C. The van der Waals surface area contributed by atoms with E-state index in [0.717, 1.165) is 12.8 Å². The van der Waals surface area contributed by atoms with Gasteiger partial charge in [-0.2, -0.15) is 0 Å².